The van der Waals surface area contributed by atoms with E-state index in [-0.39, 0.29) is 23.7 Å². The van der Waals surface area contributed by atoms with Gasteiger partial charge in [-0.05, 0) is 29.2 Å². The van der Waals surface area contributed by atoms with Crippen LogP contribution in [-0.2, 0) is 16.1 Å². The topological polar surface area (TPSA) is 55.2 Å². The standard InChI is InChI=1S/C22H21N3O2/c26-21-18-10-3-4-11-19(18)22(27)25(21)20-12-13-24(23-20)14-16-8-5-7-15-6-1-2-9-17(15)16/h1-2,5-9,12-13,18-19H,3-4,10-11,14H2. The van der Waals surface area contributed by atoms with E-state index in [9.17, 15) is 9.59 Å². The van der Waals surface area contributed by atoms with E-state index in [1.165, 1.54) is 15.7 Å². The zero-order chi connectivity index (χ0) is 18.4. The second kappa shape index (κ2) is 6.34. The van der Waals surface area contributed by atoms with Gasteiger partial charge in [0.25, 0.3) is 0 Å². The quantitative estimate of drug-likeness (QED) is 0.669. The molecular formula is C22H21N3O2. The van der Waals surface area contributed by atoms with Gasteiger partial charge in [0.2, 0.25) is 11.8 Å². The number of carbonyl (C=O) groups is 2. The van der Waals surface area contributed by atoms with Crippen LogP contribution in [0.5, 0.6) is 0 Å². The van der Waals surface area contributed by atoms with Crippen molar-refractivity contribution in [3.05, 3.63) is 60.3 Å². The number of nitrogens with zero attached hydrogens (tertiary/aromatic N) is 3. The molecule has 0 N–H and O–H groups in total. The molecule has 5 rings (SSSR count). The third-order valence-electron chi connectivity index (χ3n) is 5.91. The van der Waals surface area contributed by atoms with Crippen LogP contribution in [0.4, 0.5) is 5.82 Å². The molecule has 136 valence electrons. The average molecular weight is 359 g/mol. The highest BCUT2D eigenvalue weighted by molar-refractivity contribution is 6.21. The van der Waals surface area contributed by atoms with Crippen LogP contribution in [0.15, 0.2) is 54.7 Å². The van der Waals surface area contributed by atoms with Gasteiger partial charge in [-0.3, -0.25) is 14.3 Å². The summed E-state index contributed by atoms with van der Waals surface area (Å²) >= 11 is 0. The number of anilines is 1. The predicted molar refractivity (Wildman–Crippen MR) is 103 cm³/mol. The Morgan fingerprint density at radius 1 is 0.889 bits per heavy atom. The average Bonchev–Trinajstić information content (AvgIpc) is 3.25. The lowest BCUT2D eigenvalue weighted by molar-refractivity contribution is -0.122. The fourth-order valence-corrected chi connectivity index (χ4v) is 4.55. The Morgan fingerprint density at radius 3 is 2.37 bits per heavy atom. The number of rotatable bonds is 3. The molecule has 0 bridgehead atoms. The second-order valence-electron chi connectivity index (χ2n) is 7.52. The van der Waals surface area contributed by atoms with E-state index in [0.717, 1.165) is 31.2 Å². The van der Waals surface area contributed by atoms with Crippen molar-refractivity contribution in [3.8, 4) is 0 Å². The number of amides is 2. The first-order chi connectivity index (χ1) is 13.2. The van der Waals surface area contributed by atoms with E-state index in [1.807, 2.05) is 24.4 Å². The minimum Gasteiger partial charge on any atom is -0.274 e. The van der Waals surface area contributed by atoms with Crippen LogP contribution >= 0.6 is 0 Å². The van der Waals surface area contributed by atoms with Crippen molar-refractivity contribution in [2.45, 2.75) is 32.2 Å². The third kappa shape index (κ3) is 2.65. The molecule has 2 amide bonds. The highest BCUT2D eigenvalue weighted by atomic mass is 16.2. The lowest BCUT2D eigenvalue weighted by Gasteiger charge is -2.19. The molecule has 1 aliphatic heterocycles. The van der Waals surface area contributed by atoms with Crippen LogP contribution in [0.2, 0.25) is 0 Å². The van der Waals surface area contributed by atoms with Crippen LogP contribution in [0.1, 0.15) is 31.2 Å². The number of hydrogen-bond acceptors (Lipinski definition) is 3. The molecule has 2 atom stereocenters. The maximum Gasteiger partial charge on any atom is 0.238 e. The summed E-state index contributed by atoms with van der Waals surface area (Å²) in [6.45, 7) is 0.602. The molecule has 5 heteroatoms. The second-order valence-corrected chi connectivity index (χ2v) is 7.52. The SMILES string of the molecule is O=C1C2CCCCC2C(=O)N1c1ccn(Cc2cccc3ccccc23)n1. The van der Waals surface area contributed by atoms with E-state index in [0.29, 0.717) is 12.4 Å². The molecule has 27 heavy (non-hydrogen) atoms. The summed E-state index contributed by atoms with van der Waals surface area (Å²) in [4.78, 5) is 26.8. The molecule has 1 aromatic heterocycles. The van der Waals surface area contributed by atoms with Gasteiger partial charge in [0.15, 0.2) is 5.82 Å². The highest BCUT2D eigenvalue weighted by Crippen LogP contribution is 2.39. The van der Waals surface area contributed by atoms with Gasteiger partial charge >= 0.3 is 0 Å². The molecule has 2 fully saturated rings. The fraction of sp³-hybridized carbons (Fsp3) is 0.318. The normalized spacial score (nSPS) is 22.4. The van der Waals surface area contributed by atoms with Crippen molar-refractivity contribution in [3.63, 3.8) is 0 Å². The van der Waals surface area contributed by atoms with Crippen LogP contribution in [-0.4, -0.2) is 21.6 Å². The maximum atomic E-state index is 12.7. The summed E-state index contributed by atoms with van der Waals surface area (Å²) in [5.74, 6) is 0.0313. The van der Waals surface area contributed by atoms with E-state index in [2.05, 4.69) is 29.4 Å². The Labute approximate surface area is 157 Å². The van der Waals surface area contributed by atoms with E-state index in [4.69, 9.17) is 0 Å². The molecule has 2 heterocycles. The first kappa shape index (κ1) is 16.2. The summed E-state index contributed by atoms with van der Waals surface area (Å²) in [6, 6.07) is 16.3. The Bertz CT molecular complexity index is 1010. The molecule has 0 radical (unpaired) electrons. The molecule has 3 aromatic rings. The molecule has 5 nitrogen and oxygen atoms in total. The minimum absolute atomic E-state index is 0.0693. The number of fused-ring (bicyclic) bond motifs is 2. The lowest BCUT2D eigenvalue weighted by Crippen LogP contribution is -2.31. The Balaban J connectivity index is 1.43. The molecule has 2 unspecified atom stereocenters. The van der Waals surface area contributed by atoms with Gasteiger partial charge in [0.05, 0.1) is 18.4 Å². The summed E-state index contributed by atoms with van der Waals surface area (Å²) in [7, 11) is 0. The van der Waals surface area contributed by atoms with Gasteiger partial charge in [-0.25, -0.2) is 4.90 Å². The van der Waals surface area contributed by atoms with Crippen molar-refractivity contribution >= 4 is 28.4 Å². The zero-order valence-corrected chi connectivity index (χ0v) is 15.0. The molecule has 1 saturated carbocycles. The highest BCUT2D eigenvalue weighted by Gasteiger charge is 2.49. The number of imide groups is 1. The molecule has 1 saturated heterocycles. The van der Waals surface area contributed by atoms with Gasteiger partial charge in [0, 0.05) is 12.3 Å². The minimum atomic E-state index is -0.144. The van der Waals surface area contributed by atoms with Crippen molar-refractivity contribution in [2.24, 2.45) is 11.8 Å². The molecule has 1 aliphatic carbocycles. The fourth-order valence-electron chi connectivity index (χ4n) is 4.55. The smallest absolute Gasteiger partial charge is 0.238 e. The summed E-state index contributed by atoms with van der Waals surface area (Å²) < 4.78 is 1.81. The van der Waals surface area contributed by atoms with Gasteiger partial charge in [-0.1, -0.05) is 55.3 Å². The van der Waals surface area contributed by atoms with Crippen molar-refractivity contribution in [1.82, 2.24) is 9.78 Å². The summed E-state index contributed by atoms with van der Waals surface area (Å²) in [5, 5.41) is 6.94. The van der Waals surface area contributed by atoms with Crippen LogP contribution in [0.3, 0.4) is 0 Å². The van der Waals surface area contributed by atoms with Crippen molar-refractivity contribution < 1.29 is 9.59 Å². The maximum absolute atomic E-state index is 12.7. The van der Waals surface area contributed by atoms with E-state index >= 15 is 0 Å². The number of benzene rings is 2. The molecule has 0 spiro atoms. The first-order valence-corrected chi connectivity index (χ1v) is 9.60. The predicted octanol–water partition coefficient (Wildman–Crippen LogP) is 3.76. The lowest BCUT2D eigenvalue weighted by atomic mass is 9.81. The van der Waals surface area contributed by atoms with Crippen molar-refractivity contribution in [2.75, 3.05) is 4.90 Å². The third-order valence-corrected chi connectivity index (χ3v) is 5.91. The van der Waals surface area contributed by atoms with Gasteiger partial charge in [-0.15, -0.1) is 0 Å². The van der Waals surface area contributed by atoms with Crippen LogP contribution in [0.25, 0.3) is 10.8 Å². The zero-order valence-electron chi connectivity index (χ0n) is 15.0. The molecular weight excluding hydrogens is 338 g/mol. The monoisotopic (exact) mass is 359 g/mol. The van der Waals surface area contributed by atoms with Crippen LogP contribution < -0.4 is 4.90 Å². The van der Waals surface area contributed by atoms with Crippen LogP contribution in [0, 0.1) is 11.8 Å². The van der Waals surface area contributed by atoms with Gasteiger partial charge in [0.1, 0.15) is 0 Å². The van der Waals surface area contributed by atoms with E-state index < -0.39 is 0 Å². The van der Waals surface area contributed by atoms with Crippen molar-refractivity contribution in [1.29, 1.82) is 0 Å². The Kier molecular flexibility index (Phi) is 3.81. The largest absolute Gasteiger partial charge is 0.274 e. The number of carbonyl (C=O) groups excluding carboxylic acids is 2. The molecule has 2 aliphatic rings. The van der Waals surface area contributed by atoms with Gasteiger partial charge in [-0.2, -0.15) is 5.10 Å². The number of hydrogen-bond donors (Lipinski definition) is 0. The summed E-state index contributed by atoms with van der Waals surface area (Å²) in [6.07, 6.45) is 5.55. The first-order valence-electron chi connectivity index (χ1n) is 9.60. The Hall–Kier alpha value is -2.95. The Morgan fingerprint density at radius 2 is 1.59 bits per heavy atom. The molecule has 2 aromatic carbocycles. The number of aromatic nitrogens is 2. The summed E-state index contributed by atoms with van der Waals surface area (Å²) in [5.41, 5.74) is 1.16. The van der Waals surface area contributed by atoms with Gasteiger partial charge < -0.3 is 0 Å². The van der Waals surface area contributed by atoms with E-state index in [1.54, 1.807) is 10.7 Å².